The van der Waals surface area contributed by atoms with Crippen LogP contribution in [-0.4, -0.2) is 67.1 Å². The van der Waals surface area contributed by atoms with Crippen molar-refractivity contribution in [3.63, 3.8) is 0 Å². The summed E-state index contributed by atoms with van der Waals surface area (Å²) in [6.07, 6.45) is 0.407. The van der Waals surface area contributed by atoms with Crippen molar-refractivity contribution in [1.82, 2.24) is 9.80 Å². The van der Waals surface area contributed by atoms with E-state index in [9.17, 15) is 4.79 Å². The van der Waals surface area contributed by atoms with Crippen LogP contribution in [0.1, 0.15) is 49.2 Å². The highest BCUT2D eigenvalue weighted by atomic mass is 16.7. The fourth-order valence-electron chi connectivity index (χ4n) is 4.12. The normalized spacial score (nSPS) is 21.1. The first-order valence-electron chi connectivity index (χ1n) is 11.6. The molecule has 2 saturated heterocycles. The lowest BCUT2D eigenvalue weighted by Crippen LogP contribution is -2.43. The van der Waals surface area contributed by atoms with E-state index in [0.29, 0.717) is 12.0 Å². The first kappa shape index (κ1) is 23.2. The predicted molar refractivity (Wildman–Crippen MR) is 129 cm³/mol. The number of carbonyl (C=O) groups excluding carboxylic acids is 1. The van der Waals surface area contributed by atoms with Gasteiger partial charge in [-0.3, -0.25) is 9.69 Å². The minimum atomic E-state index is -0.406. The van der Waals surface area contributed by atoms with Crippen molar-refractivity contribution in [2.24, 2.45) is 0 Å². The molecule has 0 aliphatic carbocycles. The zero-order chi connectivity index (χ0) is 22.9. The Bertz CT molecular complexity index is 917. The zero-order valence-corrected chi connectivity index (χ0v) is 20.1. The van der Waals surface area contributed by atoms with E-state index in [1.807, 2.05) is 52.0 Å². The Morgan fingerprint density at radius 2 is 1.38 bits per heavy atom. The fraction of sp³-hybridized carbons (Fsp3) is 0.500. The molecule has 4 rings (SSSR count). The van der Waals surface area contributed by atoms with Gasteiger partial charge >= 0.3 is 7.12 Å². The number of nitrogens with zero attached hydrogens (tertiary/aromatic N) is 2. The molecule has 2 heterocycles. The van der Waals surface area contributed by atoms with Crippen LogP contribution in [0.25, 0.3) is 0 Å². The monoisotopic (exact) mass is 434 g/mol. The average Bonchev–Trinajstić information content (AvgIpc) is 2.98. The smallest absolute Gasteiger partial charge is 0.399 e. The van der Waals surface area contributed by atoms with Gasteiger partial charge in [-0.25, -0.2) is 0 Å². The van der Waals surface area contributed by atoms with Crippen LogP contribution in [0, 0.1) is 0 Å². The molecule has 0 aromatic heterocycles. The Labute approximate surface area is 192 Å². The maximum Gasteiger partial charge on any atom is 0.494 e. The van der Waals surface area contributed by atoms with Crippen LogP contribution < -0.4 is 5.46 Å². The van der Waals surface area contributed by atoms with Gasteiger partial charge in [-0.2, -0.15) is 0 Å². The van der Waals surface area contributed by atoms with E-state index in [2.05, 4.69) is 41.1 Å². The first-order chi connectivity index (χ1) is 15.1. The van der Waals surface area contributed by atoms with Gasteiger partial charge in [0.05, 0.1) is 11.2 Å². The van der Waals surface area contributed by atoms with Gasteiger partial charge in [0.2, 0.25) is 0 Å². The predicted octanol–water partition coefficient (Wildman–Crippen LogP) is 3.16. The summed E-state index contributed by atoms with van der Waals surface area (Å²) in [7, 11) is 1.77. The SMILES string of the molecule is CN1CCN(Cc2ccc(CC(=O)c3ccc(B4OC(C)(C)C(C)(C)O4)cc3)cc2)CC1. The molecule has 0 atom stereocenters. The molecule has 0 saturated carbocycles. The van der Waals surface area contributed by atoms with Crippen LogP contribution in [0.5, 0.6) is 0 Å². The molecule has 0 radical (unpaired) electrons. The highest BCUT2D eigenvalue weighted by molar-refractivity contribution is 6.62. The van der Waals surface area contributed by atoms with Gasteiger partial charge in [0.15, 0.2) is 5.78 Å². The molecule has 2 aliphatic rings. The van der Waals surface area contributed by atoms with Crippen LogP contribution >= 0.6 is 0 Å². The van der Waals surface area contributed by atoms with Gasteiger partial charge in [0.1, 0.15) is 0 Å². The molecule has 2 aromatic rings. The molecule has 0 unspecified atom stereocenters. The number of rotatable bonds is 6. The van der Waals surface area contributed by atoms with E-state index in [0.717, 1.165) is 43.8 Å². The third-order valence-electron chi connectivity index (χ3n) is 7.15. The molecule has 2 aromatic carbocycles. The third kappa shape index (κ3) is 5.15. The van der Waals surface area contributed by atoms with E-state index >= 15 is 0 Å². The number of ketones is 1. The van der Waals surface area contributed by atoms with E-state index < -0.39 is 7.12 Å². The minimum Gasteiger partial charge on any atom is -0.399 e. The lowest BCUT2D eigenvalue weighted by atomic mass is 9.78. The van der Waals surface area contributed by atoms with Gasteiger partial charge in [0.25, 0.3) is 0 Å². The molecule has 0 bridgehead atoms. The molecule has 170 valence electrons. The lowest BCUT2D eigenvalue weighted by Gasteiger charge is -2.32. The summed E-state index contributed by atoms with van der Waals surface area (Å²) < 4.78 is 12.2. The van der Waals surface area contributed by atoms with Gasteiger partial charge in [-0.15, -0.1) is 0 Å². The summed E-state index contributed by atoms with van der Waals surface area (Å²) >= 11 is 0. The number of Topliss-reactive ketones (excluding diaryl/α,β-unsaturated/α-hetero) is 1. The Kier molecular flexibility index (Phi) is 6.59. The number of hydrogen-bond donors (Lipinski definition) is 0. The van der Waals surface area contributed by atoms with E-state index in [1.54, 1.807) is 0 Å². The van der Waals surface area contributed by atoms with Gasteiger partial charge in [0, 0.05) is 44.7 Å². The Morgan fingerprint density at radius 1 is 0.844 bits per heavy atom. The van der Waals surface area contributed by atoms with Crippen LogP contribution in [0.2, 0.25) is 0 Å². The van der Waals surface area contributed by atoms with Gasteiger partial charge in [-0.05, 0) is 51.3 Å². The van der Waals surface area contributed by atoms with E-state index in [4.69, 9.17) is 9.31 Å². The molecular weight excluding hydrogens is 399 g/mol. The standard InChI is InChI=1S/C26H35BN2O3/c1-25(2)26(3,4)32-27(31-25)23-12-10-22(11-13-23)24(30)18-20-6-8-21(9-7-20)19-29-16-14-28(5)15-17-29/h6-13H,14-19H2,1-5H3. The molecule has 6 heteroatoms. The number of piperazine rings is 1. The molecule has 0 N–H and O–H groups in total. The summed E-state index contributed by atoms with van der Waals surface area (Å²) in [4.78, 5) is 17.7. The Morgan fingerprint density at radius 3 is 1.94 bits per heavy atom. The highest BCUT2D eigenvalue weighted by Gasteiger charge is 2.51. The van der Waals surface area contributed by atoms with Crippen LogP contribution in [-0.2, 0) is 22.3 Å². The summed E-state index contributed by atoms with van der Waals surface area (Å²) in [5, 5.41) is 0. The number of carbonyl (C=O) groups is 1. The van der Waals surface area contributed by atoms with Crippen molar-refractivity contribution in [1.29, 1.82) is 0 Å². The summed E-state index contributed by atoms with van der Waals surface area (Å²) in [5.41, 5.74) is 3.26. The van der Waals surface area contributed by atoms with Gasteiger partial charge < -0.3 is 14.2 Å². The summed E-state index contributed by atoms with van der Waals surface area (Å²) in [6.45, 7) is 13.6. The maximum atomic E-state index is 12.8. The van der Waals surface area contributed by atoms with Crippen LogP contribution in [0.3, 0.4) is 0 Å². The van der Waals surface area contributed by atoms with Crippen molar-refractivity contribution in [3.8, 4) is 0 Å². The topological polar surface area (TPSA) is 42.0 Å². The number of benzene rings is 2. The molecule has 2 aliphatic heterocycles. The first-order valence-corrected chi connectivity index (χ1v) is 11.6. The number of likely N-dealkylation sites (N-methyl/N-ethyl adjacent to an activating group) is 1. The molecule has 5 nitrogen and oxygen atoms in total. The largest absolute Gasteiger partial charge is 0.494 e. The Balaban J connectivity index is 1.33. The van der Waals surface area contributed by atoms with Crippen molar-refractivity contribution in [3.05, 3.63) is 65.2 Å². The quantitative estimate of drug-likeness (QED) is 0.516. The highest BCUT2D eigenvalue weighted by Crippen LogP contribution is 2.36. The van der Waals surface area contributed by atoms with Crippen molar-refractivity contribution >= 4 is 18.4 Å². The van der Waals surface area contributed by atoms with Crippen molar-refractivity contribution < 1.29 is 14.1 Å². The molecule has 0 amide bonds. The molecule has 0 spiro atoms. The molecular formula is C26H35BN2O3. The van der Waals surface area contributed by atoms with Crippen LogP contribution in [0.15, 0.2) is 48.5 Å². The summed E-state index contributed by atoms with van der Waals surface area (Å²) in [5.74, 6) is 0.122. The van der Waals surface area contributed by atoms with Gasteiger partial charge in [-0.1, -0.05) is 48.5 Å². The maximum absolute atomic E-state index is 12.8. The molecule has 2 fully saturated rings. The van der Waals surface area contributed by atoms with Crippen molar-refractivity contribution in [2.45, 2.75) is 51.9 Å². The number of hydrogen-bond acceptors (Lipinski definition) is 5. The average molecular weight is 434 g/mol. The fourth-order valence-corrected chi connectivity index (χ4v) is 4.12. The minimum absolute atomic E-state index is 0.122. The third-order valence-corrected chi connectivity index (χ3v) is 7.15. The zero-order valence-electron chi connectivity index (χ0n) is 20.1. The summed E-state index contributed by atoms with van der Waals surface area (Å²) in [6, 6.07) is 16.1. The van der Waals surface area contributed by atoms with E-state index in [1.165, 1.54) is 5.56 Å². The second kappa shape index (κ2) is 9.10. The Hall–Kier alpha value is -1.99. The second-order valence-corrected chi connectivity index (χ2v) is 10.2. The van der Waals surface area contributed by atoms with Crippen molar-refractivity contribution in [2.75, 3.05) is 33.2 Å². The van der Waals surface area contributed by atoms with E-state index in [-0.39, 0.29) is 17.0 Å². The lowest BCUT2D eigenvalue weighted by molar-refractivity contribution is 0.00578. The second-order valence-electron chi connectivity index (χ2n) is 10.2. The molecule has 32 heavy (non-hydrogen) atoms. The van der Waals surface area contributed by atoms with Crippen LogP contribution in [0.4, 0.5) is 0 Å².